The molecule has 1 aromatic carbocycles. The molecule has 2 saturated heterocycles. The van der Waals surface area contributed by atoms with Crippen molar-refractivity contribution in [3.05, 3.63) is 65.5 Å². The van der Waals surface area contributed by atoms with Gasteiger partial charge in [0.25, 0.3) is 0 Å². The molecule has 0 radical (unpaired) electrons. The van der Waals surface area contributed by atoms with Crippen molar-refractivity contribution >= 4 is 5.78 Å². The van der Waals surface area contributed by atoms with Crippen LogP contribution in [0.5, 0.6) is 0 Å². The Morgan fingerprint density at radius 2 is 1.93 bits per heavy atom. The fourth-order valence-corrected chi connectivity index (χ4v) is 8.97. The maximum absolute atomic E-state index is 14.5. The molecule has 5 atom stereocenters. The molecule has 2 aromatic rings. The Bertz CT molecular complexity index is 1230. The van der Waals surface area contributed by atoms with Crippen molar-refractivity contribution < 1.29 is 9.18 Å². The van der Waals surface area contributed by atoms with E-state index in [9.17, 15) is 9.18 Å². The lowest BCUT2D eigenvalue weighted by molar-refractivity contribution is -0.125. The summed E-state index contributed by atoms with van der Waals surface area (Å²) in [7, 11) is 0. The number of nitrogens with zero attached hydrogens (tertiary/aromatic N) is 3. The number of ketones is 1. The zero-order valence-electron chi connectivity index (χ0n) is 27.5. The minimum Gasteiger partial charge on any atom is -0.330 e. The third-order valence-corrected chi connectivity index (χ3v) is 11.6. The third-order valence-electron chi connectivity index (χ3n) is 11.6. The summed E-state index contributed by atoms with van der Waals surface area (Å²) < 4.78 is 14.5. The first kappa shape index (κ1) is 32.7. The van der Waals surface area contributed by atoms with E-state index in [-0.39, 0.29) is 11.8 Å². The van der Waals surface area contributed by atoms with Gasteiger partial charge in [-0.1, -0.05) is 36.4 Å². The smallest absolute Gasteiger partial charge is 0.136 e. The molecule has 6 nitrogen and oxygen atoms in total. The molecule has 1 saturated carbocycles. The highest BCUT2D eigenvalue weighted by Crippen LogP contribution is 2.39. The SMILES string of the molecule is CC1(F)CCC(C(=O)C[C@H](CCN2[C@H]3CC[C@@H]2[C@H](CN(CCCCN)C2CCCc4cccnc42)NC3)c2ccccc2)CC1. The predicted molar refractivity (Wildman–Crippen MR) is 180 cm³/mol. The number of halogens is 1. The Morgan fingerprint density at radius 3 is 2.73 bits per heavy atom. The Morgan fingerprint density at radius 1 is 1.11 bits per heavy atom. The van der Waals surface area contributed by atoms with Crippen LogP contribution in [0, 0.1) is 5.92 Å². The molecule has 2 aliphatic heterocycles. The highest BCUT2D eigenvalue weighted by atomic mass is 19.1. The predicted octanol–water partition coefficient (Wildman–Crippen LogP) is 6.36. The molecule has 4 aliphatic rings. The van der Waals surface area contributed by atoms with Gasteiger partial charge in [-0.2, -0.15) is 0 Å². The lowest BCUT2D eigenvalue weighted by Gasteiger charge is -2.45. The number of nitrogens with one attached hydrogen (secondary N) is 1. The van der Waals surface area contributed by atoms with E-state index in [2.05, 4.69) is 57.6 Å². The first-order chi connectivity index (χ1) is 21.9. The summed E-state index contributed by atoms with van der Waals surface area (Å²) in [5.41, 5.74) is 8.79. The van der Waals surface area contributed by atoms with Crippen LogP contribution in [0.1, 0.15) is 113 Å². The van der Waals surface area contributed by atoms with Crippen LogP contribution in [-0.4, -0.2) is 77.1 Å². The quantitative estimate of drug-likeness (QED) is 0.241. The summed E-state index contributed by atoms with van der Waals surface area (Å²) in [5.74, 6) is 0.571. The van der Waals surface area contributed by atoms with Crippen LogP contribution in [0.15, 0.2) is 48.7 Å². The van der Waals surface area contributed by atoms with Gasteiger partial charge in [0.05, 0.1) is 11.7 Å². The van der Waals surface area contributed by atoms with Crippen LogP contribution in [0.25, 0.3) is 0 Å². The Balaban J connectivity index is 1.13. The number of Topliss-reactive ketones (excluding diaryl/α,β-unsaturated/α-hetero) is 1. The molecular formula is C38H56FN5O. The van der Waals surface area contributed by atoms with Gasteiger partial charge in [-0.25, -0.2) is 4.39 Å². The van der Waals surface area contributed by atoms with Crippen LogP contribution in [0.3, 0.4) is 0 Å². The second-order valence-corrected chi connectivity index (χ2v) is 14.8. The van der Waals surface area contributed by atoms with Crippen LogP contribution in [0.2, 0.25) is 0 Å². The zero-order chi connectivity index (χ0) is 31.2. The van der Waals surface area contributed by atoms with Crippen LogP contribution >= 0.6 is 0 Å². The molecule has 1 aromatic heterocycles. The summed E-state index contributed by atoms with van der Waals surface area (Å²) >= 11 is 0. The largest absolute Gasteiger partial charge is 0.330 e. The molecular weight excluding hydrogens is 561 g/mol. The van der Waals surface area contributed by atoms with E-state index in [1.54, 1.807) is 6.92 Å². The average molecular weight is 618 g/mol. The monoisotopic (exact) mass is 617 g/mol. The van der Waals surface area contributed by atoms with Gasteiger partial charge in [0, 0.05) is 49.8 Å². The average Bonchev–Trinajstić information content (AvgIpc) is 3.35. The molecule has 1 unspecified atom stereocenters. The van der Waals surface area contributed by atoms with Crippen LogP contribution in [-0.2, 0) is 11.2 Å². The molecule has 6 rings (SSSR count). The fourth-order valence-electron chi connectivity index (χ4n) is 8.97. The number of hydrogen-bond acceptors (Lipinski definition) is 6. The van der Waals surface area contributed by atoms with E-state index in [1.807, 2.05) is 6.20 Å². The number of nitrogens with two attached hydrogens (primary N) is 1. The van der Waals surface area contributed by atoms with Crippen LogP contribution in [0.4, 0.5) is 4.39 Å². The van der Waals surface area contributed by atoms with Gasteiger partial charge >= 0.3 is 0 Å². The van der Waals surface area contributed by atoms with Crippen molar-refractivity contribution in [3.63, 3.8) is 0 Å². The van der Waals surface area contributed by atoms with Gasteiger partial charge in [-0.15, -0.1) is 0 Å². The van der Waals surface area contributed by atoms with Crippen molar-refractivity contribution in [3.8, 4) is 0 Å². The van der Waals surface area contributed by atoms with E-state index in [0.717, 1.165) is 58.4 Å². The highest BCUT2D eigenvalue weighted by Gasteiger charge is 2.43. The van der Waals surface area contributed by atoms with Gasteiger partial charge < -0.3 is 11.1 Å². The summed E-state index contributed by atoms with van der Waals surface area (Å²) in [4.78, 5) is 24.0. The molecule has 3 fully saturated rings. The van der Waals surface area contributed by atoms with E-state index < -0.39 is 5.67 Å². The van der Waals surface area contributed by atoms with Gasteiger partial charge in [0.15, 0.2) is 0 Å². The number of alkyl halides is 1. The fraction of sp³-hybridized carbons (Fsp3) is 0.684. The second-order valence-electron chi connectivity index (χ2n) is 14.8. The standard InChI is InChI=1S/C38H56FN5O/c1-38(39)19-16-29(17-20-38)36(45)25-31(28-9-3-2-4-10-28)18-24-44-32-14-15-34(44)33(42-26-32)27-43(23-6-5-21-40)35-13-7-11-30-12-8-22-41-37(30)35/h2-4,8-10,12,22,29,31-35,42H,5-7,11,13-21,23-27,40H2,1H3/t29?,31-,32-,33-,34+,35?,38?/m0/s1. The normalized spacial score (nSPS) is 30.7. The first-order valence-corrected chi connectivity index (χ1v) is 18.1. The van der Waals surface area contributed by atoms with Crippen molar-refractivity contribution in [1.29, 1.82) is 0 Å². The van der Waals surface area contributed by atoms with Crippen molar-refractivity contribution in [1.82, 2.24) is 20.1 Å². The number of fused-ring (bicyclic) bond motifs is 3. The topological polar surface area (TPSA) is 74.5 Å². The summed E-state index contributed by atoms with van der Waals surface area (Å²) in [6.07, 6.45) is 14.1. The van der Waals surface area contributed by atoms with E-state index in [0.29, 0.717) is 62.1 Å². The number of piperazine rings is 1. The number of benzene rings is 1. The van der Waals surface area contributed by atoms with Crippen molar-refractivity contribution in [2.75, 3.05) is 32.7 Å². The number of hydrogen-bond donors (Lipinski definition) is 2. The summed E-state index contributed by atoms with van der Waals surface area (Å²) in [6, 6.07) is 16.9. The van der Waals surface area contributed by atoms with Gasteiger partial charge in [0.2, 0.25) is 0 Å². The number of aryl methyl sites for hydroxylation is 1. The van der Waals surface area contributed by atoms with Crippen LogP contribution < -0.4 is 11.1 Å². The Labute approximate surface area is 270 Å². The number of pyridine rings is 1. The van der Waals surface area contributed by atoms with E-state index in [1.165, 1.54) is 42.5 Å². The minimum absolute atomic E-state index is 0.0180. The molecule has 3 heterocycles. The number of carbonyl (C=O) groups is 1. The Hall–Kier alpha value is -2.19. The van der Waals surface area contributed by atoms with E-state index >= 15 is 0 Å². The zero-order valence-corrected chi connectivity index (χ0v) is 27.5. The molecule has 0 spiro atoms. The minimum atomic E-state index is -1.11. The third kappa shape index (κ3) is 8.04. The van der Waals surface area contributed by atoms with Gasteiger partial charge in [0.1, 0.15) is 11.5 Å². The Kier molecular flexibility index (Phi) is 11.0. The van der Waals surface area contributed by atoms with Crippen molar-refractivity contribution in [2.24, 2.45) is 11.7 Å². The summed E-state index contributed by atoms with van der Waals surface area (Å²) in [5, 5.41) is 3.98. The maximum atomic E-state index is 14.5. The molecule has 3 N–H and O–H groups in total. The lowest BCUT2D eigenvalue weighted by atomic mass is 9.76. The van der Waals surface area contributed by atoms with Gasteiger partial charge in [-0.05, 0) is 127 Å². The van der Waals surface area contributed by atoms with Crippen molar-refractivity contribution in [2.45, 2.75) is 126 Å². The van der Waals surface area contributed by atoms with E-state index in [4.69, 9.17) is 10.7 Å². The maximum Gasteiger partial charge on any atom is 0.136 e. The summed E-state index contributed by atoms with van der Waals surface area (Å²) in [6.45, 7) is 6.60. The number of rotatable bonds is 14. The lowest BCUT2D eigenvalue weighted by Crippen LogP contribution is -2.61. The highest BCUT2D eigenvalue weighted by molar-refractivity contribution is 5.82. The number of carbonyl (C=O) groups excluding carboxylic acids is 1. The molecule has 7 heteroatoms. The number of aromatic nitrogens is 1. The molecule has 246 valence electrons. The molecule has 0 amide bonds. The first-order valence-electron chi connectivity index (χ1n) is 18.1. The van der Waals surface area contributed by atoms with Gasteiger partial charge in [-0.3, -0.25) is 19.6 Å². The number of unbranched alkanes of at least 4 members (excludes halogenated alkanes) is 1. The molecule has 2 aliphatic carbocycles. The molecule has 45 heavy (non-hydrogen) atoms. The molecule has 2 bridgehead atoms. The second kappa shape index (κ2) is 15.1.